The van der Waals surface area contributed by atoms with E-state index >= 15 is 0 Å². The average Bonchev–Trinajstić information content (AvgIpc) is 2.19. The van der Waals surface area contributed by atoms with Crippen LogP contribution in [0.25, 0.3) is 0 Å². The topological polar surface area (TPSA) is 46.3 Å². The highest BCUT2D eigenvalue weighted by molar-refractivity contribution is 7.80. The second-order valence-electron chi connectivity index (χ2n) is 5.79. The molecule has 2 unspecified atom stereocenters. The molecule has 0 aromatic carbocycles. The van der Waals surface area contributed by atoms with Crippen LogP contribution in [0.15, 0.2) is 0 Å². The van der Waals surface area contributed by atoms with Gasteiger partial charge >= 0.3 is 0 Å². The van der Waals surface area contributed by atoms with Gasteiger partial charge in [-0.05, 0) is 31.1 Å². The number of piperidine rings is 1. The van der Waals surface area contributed by atoms with Gasteiger partial charge in [0.15, 0.2) is 0 Å². The molecule has 3 nitrogen and oxygen atoms in total. The van der Waals surface area contributed by atoms with Crippen LogP contribution in [0.4, 0.5) is 0 Å². The normalized spacial score (nSPS) is 31.8. The molecule has 2 N–H and O–H groups in total. The zero-order valence-corrected chi connectivity index (χ0v) is 11.6. The Balaban J connectivity index is 2.07. The Morgan fingerprint density at radius 2 is 2.00 bits per heavy atom. The Hall–Kier alpha value is -0.640. The number of amides is 1. The molecule has 0 radical (unpaired) electrons. The van der Waals surface area contributed by atoms with Crippen molar-refractivity contribution in [3.8, 4) is 0 Å². The SMILES string of the molecule is CC1CCN(C(=O)C2(C(N)=S)CCC2)CC1C. The number of carbonyl (C=O) groups is 1. The summed E-state index contributed by atoms with van der Waals surface area (Å²) in [5.74, 6) is 1.48. The van der Waals surface area contributed by atoms with Gasteiger partial charge < -0.3 is 10.6 Å². The van der Waals surface area contributed by atoms with Gasteiger partial charge in [-0.2, -0.15) is 0 Å². The van der Waals surface area contributed by atoms with Gasteiger partial charge in [0.25, 0.3) is 0 Å². The second-order valence-corrected chi connectivity index (χ2v) is 6.23. The van der Waals surface area contributed by atoms with E-state index in [1.54, 1.807) is 0 Å². The Kier molecular flexibility index (Phi) is 3.43. The van der Waals surface area contributed by atoms with Crippen LogP contribution in [0.3, 0.4) is 0 Å². The summed E-state index contributed by atoms with van der Waals surface area (Å²) >= 11 is 5.11. The molecule has 1 saturated carbocycles. The van der Waals surface area contributed by atoms with E-state index in [0.29, 0.717) is 16.8 Å². The minimum atomic E-state index is -0.490. The molecule has 1 aliphatic carbocycles. The molecule has 1 saturated heterocycles. The smallest absolute Gasteiger partial charge is 0.235 e. The number of rotatable bonds is 2. The Morgan fingerprint density at radius 3 is 2.41 bits per heavy atom. The summed E-state index contributed by atoms with van der Waals surface area (Å²) in [7, 11) is 0. The van der Waals surface area contributed by atoms with E-state index in [4.69, 9.17) is 18.0 Å². The molecule has 2 rings (SSSR count). The van der Waals surface area contributed by atoms with E-state index in [2.05, 4.69) is 13.8 Å². The number of nitrogens with two attached hydrogens (primary N) is 1. The summed E-state index contributed by atoms with van der Waals surface area (Å²) < 4.78 is 0. The lowest BCUT2D eigenvalue weighted by molar-refractivity contribution is -0.144. The van der Waals surface area contributed by atoms with Crippen LogP contribution in [0.5, 0.6) is 0 Å². The molecule has 1 heterocycles. The molecule has 0 spiro atoms. The highest BCUT2D eigenvalue weighted by Crippen LogP contribution is 2.43. The van der Waals surface area contributed by atoms with E-state index < -0.39 is 5.41 Å². The highest BCUT2D eigenvalue weighted by atomic mass is 32.1. The molecule has 2 fully saturated rings. The van der Waals surface area contributed by atoms with Crippen molar-refractivity contribution < 1.29 is 4.79 Å². The van der Waals surface area contributed by atoms with Crippen LogP contribution in [-0.4, -0.2) is 28.9 Å². The Morgan fingerprint density at radius 1 is 1.35 bits per heavy atom. The van der Waals surface area contributed by atoms with Gasteiger partial charge in [0.05, 0.1) is 10.4 Å². The van der Waals surface area contributed by atoms with E-state index in [0.717, 1.165) is 38.8 Å². The molecule has 0 aromatic rings. The highest BCUT2D eigenvalue weighted by Gasteiger charge is 2.49. The van der Waals surface area contributed by atoms with Crippen molar-refractivity contribution in [3.63, 3.8) is 0 Å². The number of hydrogen-bond acceptors (Lipinski definition) is 2. The first-order chi connectivity index (χ1) is 7.97. The van der Waals surface area contributed by atoms with Crippen LogP contribution >= 0.6 is 12.2 Å². The standard InChI is InChI=1S/C13H22N2OS/c1-9-4-7-15(8-10(9)2)12(16)13(11(14)17)5-3-6-13/h9-10H,3-8H2,1-2H3,(H2,14,17). The minimum absolute atomic E-state index is 0.190. The first-order valence-corrected chi connectivity index (χ1v) is 6.97. The zero-order chi connectivity index (χ0) is 12.6. The van der Waals surface area contributed by atoms with Crippen molar-refractivity contribution in [3.05, 3.63) is 0 Å². The third kappa shape index (κ3) is 2.07. The van der Waals surface area contributed by atoms with Crippen molar-refractivity contribution in [2.45, 2.75) is 39.5 Å². The van der Waals surface area contributed by atoms with Crippen LogP contribution in [0.2, 0.25) is 0 Å². The number of likely N-dealkylation sites (tertiary alicyclic amines) is 1. The fourth-order valence-corrected chi connectivity index (χ4v) is 3.14. The van der Waals surface area contributed by atoms with Gasteiger partial charge in [0.1, 0.15) is 0 Å². The predicted molar refractivity (Wildman–Crippen MR) is 72.6 cm³/mol. The van der Waals surface area contributed by atoms with Gasteiger partial charge in [-0.3, -0.25) is 4.79 Å². The molecular formula is C13H22N2OS. The lowest BCUT2D eigenvalue weighted by Crippen LogP contribution is -2.56. The van der Waals surface area contributed by atoms with Crippen LogP contribution in [-0.2, 0) is 4.79 Å². The summed E-state index contributed by atoms with van der Waals surface area (Å²) in [4.78, 5) is 14.9. The van der Waals surface area contributed by atoms with Gasteiger partial charge in [-0.15, -0.1) is 0 Å². The van der Waals surface area contributed by atoms with Crippen molar-refractivity contribution in [1.29, 1.82) is 0 Å². The molecule has 0 aromatic heterocycles. The molecule has 0 bridgehead atoms. The maximum Gasteiger partial charge on any atom is 0.235 e. The summed E-state index contributed by atoms with van der Waals surface area (Å²) in [5.41, 5.74) is 5.30. The minimum Gasteiger partial charge on any atom is -0.392 e. The van der Waals surface area contributed by atoms with E-state index in [9.17, 15) is 4.79 Å². The lowest BCUT2D eigenvalue weighted by atomic mass is 9.67. The van der Waals surface area contributed by atoms with Crippen molar-refractivity contribution in [2.24, 2.45) is 23.0 Å². The number of nitrogens with zero attached hydrogens (tertiary/aromatic N) is 1. The number of thiocarbonyl (C=S) groups is 1. The largest absolute Gasteiger partial charge is 0.392 e. The molecule has 2 aliphatic rings. The van der Waals surface area contributed by atoms with E-state index in [-0.39, 0.29) is 5.91 Å². The maximum atomic E-state index is 12.6. The molecule has 4 heteroatoms. The third-order valence-electron chi connectivity index (χ3n) is 4.71. The molecule has 2 atom stereocenters. The second kappa shape index (κ2) is 4.56. The molecule has 1 aliphatic heterocycles. The molecule has 1 amide bonds. The Labute approximate surface area is 109 Å². The summed E-state index contributed by atoms with van der Waals surface area (Å²) in [5, 5.41) is 0. The van der Waals surface area contributed by atoms with Crippen LogP contribution in [0, 0.1) is 17.3 Å². The molecule has 96 valence electrons. The zero-order valence-electron chi connectivity index (χ0n) is 10.7. The predicted octanol–water partition coefficient (Wildman–Crippen LogP) is 1.95. The van der Waals surface area contributed by atoms with Crippen LogP contribution < -0.4 is 5.73 Å². The average molecular weight is 254 g/mol. The van der Waals surface area contributed by atoms with Crippen molar-refractivity contribution >= 4 is 23.1 Å². The van der Waals surface area contributed by atoms with Gasteiger partial charge in [0.2, 0.25) is 5.91 Å². The lowest BCUT2D eigenvalue weighted by Gasteiger charge is -2.45. The van der Waals surface area contributed by atoms with E-state index in [1.807, 2.05) is 4.90 Å². The van der Waals surface area contributed by atoms with Crippen molar-refractivity contribution in [1.82, 2.24) is 4.90 Å². The Bertz CT molecular complexity index is 338. The number of carbonyl (C=O) groups excluding carboxylic acids is 1. The van der Waals surface area contributed by atoms with Crippen LogP contribution in [0.1, 0.15) is 39.5 Å². The van der Waals surface area contributed by atoms with Crippen molar-refractivity contribution in [2.75, 3.05) is 13.1 Å². The van der Waals surface area contributed by atoms with E-state index in [1.165, 1.54) is 0 Å². The quantitative estimate of drug-likeness (QED) is 0.766. The first-order valence-electron chi connectivity index (χ1n) is 6.56. The van der Waals surface area contributed by atoms with Gasteiger partial charge in [-0.1, -0.05) is 32.5 Å². The summed E-state index contributed by atoms with van der Waals surface area (Å²) in [6.45, 7) is 6.22. The van der Waals surface area contributed by atoms with Gasteiger partial charge in [0, 0.05) is 13.1 Å². The summed E-state index contributed by atoms with van der Waals surface area (Å²) in [6, 6.07) is 0. The maximum absolute atomic E-state index is 12.6. The molecule has 17 heavy (non-hydrogen) atoms. The number of hydrogen-bond donors (Lipinski definition) is 1. The molecular weight excluding hydrogens is 232 g/mol. The van der Waals surface area contributed by atoms with Gasteiger partial charge in [-0.25, -0.2) is 0 Å². The first kappa shape index (κ1) is 12.8. The fraction of sp³-hybridized carbons (Fsp3) is 0.846. The summed E-state index contributed by atoms with van der Waals surface area (Å²) in [6.07, 6.45) is 3.87. The third-order valence-corrected chi connectivity index (χ3v) is 5.10. The fourth-order valence-electron chi connectivity index (χ4n) is 2.85. The monoisotopic (exact) mass is 254 g/mol.